The highest BCUT2D eigenvalue weighted by atomic mass is 35.5. The molecule has 2 aromatic rings. The van der Waals surface area contributed by atoms with E-state index in [2.05, 4.69) is 11.0 Å². The van der Waals surface area contributed by atoms with Crippen LogP contribution in [-0.4, -0.2) is 41.9 Å². The minimum Gasteiger partial charge on any atom is -0.399 e. The van der Waals surface area contributed by atoms with Crippen LogP contribution in [0.1, 0.15) is 17.5 Å². The molecule has 0 unspecified atom stereocenters. The van der Waals surface area contributed by atoms with E-state index in [9.17, 15) is 4.79 Å². The van der Waals surface area contributed by atoms with E-state index in [4.69, 9.17) is 17.3 Å². The van der Waals surface area contributed by atoms with Gasteiger partial charge in [-0.1, -0.05) is 41.9 Å². The molecule has 0 atom stereocenters. The third-order valence-electron chi connectivity index (χ3n) is 4.68. The summed E-state index contributed by atoms with van der Waals surface area (Å²) >= 11 is 6.04. The molecule has 1 aliphatic heterocycles. The van der Waals surface area contributed by atoms with Gasteiger partial charge in [-0.05, 0) is 35.7 Å². The van der Waals surface area contributed by atoms with Gasteiger partial charge >= 0.3 is 0 Å². The summed E-state index contributed by atoms with van der Waals surface area (Å²) in [6.45, 7) is 4.23. The molecule has 1 amide bonds. The topological polar surface area (TPSA) is 49.6 Å². The van der Waals surface area contributed by atoms with E-state index < -0.39 is 0 Å². The smallest absolute Gasteiger partial charge is 0.222 e. The number of nitrogens with two attached hydrogens (primary N) is 1. The van der Waals surface area contributed by atoms with Gasteiger partial charge in [-0.2, -0.15) is 0 Å². The number of aryl methyl sites for hydroxylation is 1. The average molecular weight is 431 g/mol. The highest BCUT2D eigenvalue weighted by Crippen LogP contribution is 2.16. The van der Waals surface area contributed by atoms with Gasteiger partial charge in [0.2, 0.25) is 5.91 Å². The van der Waals surface area contributed by atoms with Crippen molar-refractivity contribution in [3.05, 3.63) is 64.7 Å². The molecule has 1 fully saturated rings. The second kappa shape index (κ2) is 11.4. The van der Waals surface area contributed by atoms with Gasteiger partial charge in [0, 0.05) is 49.9 Å². The number of carbonyl (C=O) groups is 1. The summed E-state index contributed by atoms with van der Waals surface area (Å²) in [6.07, 6.45) is 1.22. The Morgan fingerprint density at radius 3 is 2.37 bits per heavy atom. The van der Waals surface area contributed by atoms with Crippen molar-refractivity contribution in [1.29, 1.82) is 0 Å². The van der Waals surface area contributed by atoms with Crippen molar-refractivity contribution in [2.75, 3.05) is 31.9 Å². The number of hydrogen-bond acceptors (Lipinski definition) is 3. The number of piperazine rings is 1. The van der Waals surface area contributed by atoms with Crippen molar-refractivity contribution in [1.82, 2.24) is 9.80 Å². The number of carbonyl (C=O) groups excluding carboxylic acids is 1. The molecule has 0 aromatic heterocycles. The minimum absolute atomic E-state index is 0. The molecule has 0 saturated carbocycles. The van der Waals surface area contributed by atoms with Crippen LogP contribution in [0.25, 0.3) is 0 Å². The van der Waals surface area contributed by atoms with E-state index in [1.807, 2.05) is 47.4 Å². The first-order chi connectivity index (χ1) is 12.1. The number of nitrogens with zero attached hydrogens (tertiary/aromatic N) is 2. The first-order valence-electron chi connectivity index (χ1n) is 8.70. The summed E-state index contributed by atoms with van der Waals surface area (Å²) in [6, 6.07) is 15.7. The second-order valence-corrected chi connectivity index (χ2v) is 6.92. The third kappa shape index (κ3) is 6.89. The second-order valence-electron chi connectivity index (χ2n) is 6.49. The van der Waals surface area contributed by atoms with Gasteiger partial charge in [0.1, 0.15) is 0 Å². The van der Waals surface area contributed by atoms with Gasteiger partial charge in [-0.25, -0.2) is 0 Å². The highest BCUT2D eigenvalue weighted by molar-refractivity contribution is 6.30. The Labute approximate surface area is 178 Å². The standard InChI is InChI=1S/C20H24ClN3O.2ClH/c21-18-6-3-4-16(14-18)15-23-10-12-24(13-11-23)20(25)9-8-17-5-1-2-7-19(17)22;;/h1-7,14H,8-13,15,22H2;2*1H. The summed E-state index contributed by atoms with van der Waals surface area (Å²) in [7, 11) is 0. The van der Waals surface area contributed by atoms with Gasteiger partial charge in [-0.3, -0.25) is 9.69 Å². The Morgan fingerprint density at radius 2 is 1.70 bits per heavy atom. The van der Waals surface area contributed by atoms with Crippen LogP contribution in [0, 0.1) is 0 Å². The number of hydrogen-bond donors (Lipinski definition) is 1. The van der Waals surface area contributed by atoms with E-state index in [0.29, 0.717) is 12.8 Å². The van der Waals surface area contributed by atoms with Crippen molar-refractivity contribution in [2.45, 2.75) is 19.4 Å². The van der Waals surface area contributed by atoms with Crippen molar-refractivity contribution in [3.8, 4) is 0 Å². The van der Waals surface area contributed by atoms with E-state index in [-0.39, 0.29) is 30.7 Å². The molecule has 1 heterocycles. The number of anilines is 1. The zero-order valence-corrected chi connectivity index (χ0v) is 17.5. The lowest BCUT2D eigenvalue weighted by Crippen LogP contribution is -2.48. The number of nitrogen functional groups attached to an aromatic ring is 1. The van der Waals surface area contributed by atoms with Crippen LogP contribution in [0.3, 0.4) is 0 Å². The predicted octanol–water partition coefficient (Wildman–Crippen LogP) is 4.04. The van der Waals surface area contributed by atoms with Crippen LogP contribution in [0.5, 0.6) is 0 Å². The number of halogens is 3. The molecule has 0 radical (unpaired) electrons. The number of amides is 1. The molecule has 27 heavy (non-hydrogen) atoms. The largest absolute Gasteiger partial charge is 0.399 e. The average Bonchev–Trinajstić information content (AvgIpc) is 2.61. The quantitative estimate of drug-likeness (QED) is 0.728. The molecule has 7 heteroatoms. The van der Waals surface area contributed by atoms with Crippen LogP contribution < -0.4 is 5.73 Å². The number of benzene rings is 2. The van der Waals surface area contributed by atoms with E-state index >= 15 is 0 Å². The monoisotopic (exact) mass is 429 g/mol. The lowest BCUT2D eigenvalue weighted by atomic mass is 10.1. The normalized spacial score (nSPS) is 14.2. The predicted molar refractivity (Wildman–Crippen MR) is 117 cm³/mol. The summed E-state index contributed by atoms with van der Waals surface area (Å²) in [5, 5.41) is 0.770. The van der Waals surface area contributed by atoms with Crippen LogP contribution in [0.2, 0.25) is 5.02 Å². The van der Waals surface area contributed by atoms with Gasteiger partial charge in [-0.15, -0.1) is 24.8 Å². The molecule has 1 aliphatic rings. The van der Waals surface area contributed by atoms with Crippen molar-refractivity contribution in [3.63, 3.8) is 0 Å². The lowest BCUT2D eigenvalue weighted by molar-refractivity contribution is -0.132. The Bertz CT molecular complexity index is 734. The third-order valence-corrected chi connectivity index (χ3v) is 4.92. The summed E-state index contributed by atoms with van der Waals surface area (Å²) < 4.78 is 0. The van der Waals surface area contributed by atoms with Crippen LogP contribution >= 0.6 is 36.4 Å². The molecule has 148 valence electrons. The first kappa shape index (κ1) is 23.6. The lowest BCUT2D eigenvalue weighted by Gasteiger charge is -2.35. The maximum atomic E-state index is 12.4. The van der Waals surface area contributed by atoms with Crippen LogP contribution in [-0.2, 0) is 17.8 Å². The van der Waals surface area contributed by atoms with Gasteiger partial charge in [0.25, 0.3) is 0 Å². The molecule has 2 N–H and O–H groups in total. The van der Waals surface area contributed by atoms with E-state index in [1.54, 1.807) is 0 Å². The maximum absolute atomic E-state index is 12.4. The maximum Gasteiger partial charge on any atom is 0.222 e. The van der Waals surface area contributed by atoms with Crippen molar-refractivity contribution >= 4 is 48.0 Å². The van der Waals surface area contributed by atoms with E-state index in [1.165, 1.54) is 5.56 Å². The Morgan fingerprint density at radius 1 is 1.00 bits per heavy atom. The Balaban J connectivity index is 0.00000182. The zero-order chi connectivity index (χ0) is 17.6. The fraction of sp³-hybridized carbons (Fsp3) is 0.350. The fourth-order valence-electron chi connectivity index (χ4n) is 3.21. The van der Waals surface area contributed by atoms with Gasteiger partial charge < -0.3 is 10.6 Å². The number of para-hydroxylation sites is 1. The molecule has 0 bridgehead atoms. The summed E-state index contributed by atoms with van der Waals surface area (Å²) in [5.41, 5.74) is 8.98. The van der Waals surface area contributed by atoms with Gasteiger partial charge in [0.15, 0.2) is 0 Å². The molecule has 2 aromatic carbocycles. The molecule has 4 nitrogen and oxygen atoms in total. The Kier molecular flexibility index (Phi) is 9.95. The summed E-state index contributed by atoms with van der Waals surface area (Å²) in [5.74, 6) is 0.214. The summed E-state index contributed by atoms with van der Waals surface area (Å²) in [4.78, 5) is 16.8. The minimum atomic E-state index is 0. The molecular formula is C20H26Cl3N3O. The molecule has 3 rings (SSSR count). The zero-order valence-electron chi connectivity index (χ0n) is 15.1. The van der Waals surface area contributed by atoms with Gasteiger partial charge in [0.05, 0.1) is 0 Å². The SMILES string of the molecule is Cl.Cl.Nc1ccccc1CCC(=O)N1CCN(Cc2cccc(Cl)c2)CC1. The number of rotatable bonds is 5. The molecule has 0 spiro atoms. The highest BCUT2D eigenvalue weighted by Gasteiger charge is 2.21. The Hall–Kier alpha value is -1.46. The molecular weight excluding hydrogens is 405 g/mol. The van der Waals surface area contributed by atoms with Crippen LogP contribution in [0.4, 0.5) is 5.69 Å². The fourth-order valence-corrected chi connectivity index (χ4v) is 3.42. The first-order valence-corrected chi connectivity index (χ1v) is 9.07. The van der Waals surface area contributed by atoms with Crippen LogP contribution in [0.15, 0.2) is 48.5 Å². The van der Waals surface area contributed by atoms with Crippen molar-refractivity contribution in [2.24, 2.45) is 0 Å². The van der Waals surface area contributed by atoms with Crippen molar-refractivity contribution < 1.29 is 4.79 Å². The molecule has 1 saturated heterocycles. The molecule has 0 aliphatic carbocycles. The van der Waals surface area contributed by atoms with E-state index in [0.717, 1.165) is 49.0 Å².